The third-order valence-corrected chi connectivity index (χ3v) is 4.82. The van der Waals surface area contributed by atoms with Crippen molar-refractivity contribution in [1.82, 2.24) is 10.2 Å². The van der Waals surface area contributed by atoms with E-state index in [0.717, 1.165) is 19.1 Å². The van der Waals surface area contributed by atoms with Gasteiger partial charge in [-0.2, -0.15) is 0 Å². The van der Waals surface area contributed by atoms with Gasteiger partial charge in [-0.3, -0.25) is 0 Å². The van der Waals surface area contributed by atoms with E-state index in [-0.39, 0.29) is 0 Å². The minimum absolute atomic E-state index is 0.303. The normalized spacial score (nSPS) is 27.8. The van der Waals surface area contributed by atoms with Gasteiger partial charge in [0.1, 0.15) is 0 Å². The van der Waals surface area contributed by atoms with Gasteiger partial charge in [0.15, 0.2) is 0 Å². The van der Waals surface area contributed by atoms with Gasteiger partial charge in [-0.05, 0) is 58.5 Å². The molecule has 3 nitrogen and oxygen atoms in total. The second kappa shape index (κ2) is 7.61. The van der Waals surface area contributed by atoms with Crippen LogP contribution in [0.3, 0.4) is 0 Å². The van der Waals surface area contributed by atoms with Crippen molar-refractivity contribution >= 4 is 0 Å². The lowest BCUT2D eigenvalue weighted by Crippen LogP contribution is -2.48. The van der Waals surface area contributed by atoms with E-state index in [9.17, 15) is 5.11 Å². The maximum atomic E-state index is 10.4. The monoisotopic (exact) mass is 270 g/mol. The number of aliphatic hydroxyl groups is 1. The summed E-state index contributed by atoms with van der Waals surface area (Å²) in [5.74, 6) is 0.303. The van der Waals surface area contributed by atoms with E-state index >= 15 is 0 Å². The van der Waals surface area contributed by atoms with Gasteiger partial charge in [0, 0.05) is 18.6 Å². The van der Waals surface area contributed by atoms with Crippen molar-refractivity contribution < 1.29 is 5.11 Å². The summed E-state index contributed by atoms with van der Waals surface area (Å²) in [6.45, 7) is 10.3. The first-order valence-corrected chi connectivity index (χ1v) is 8.02. The van der Waals surface area contributed by atoms with Crippen molar-refractivity contribution in [2.45, 2.75) is 77.5 Å². The number of likely N-dealkylation sites (N-methyl/N-ethyl adjacent to an activating group) is 1. The van der Waals surface area contributed by atoms with Crippen LogP contribution in [0, 0.1) is 5.92 Å². The molecule has 1 aliphatic carbocycles. The van der Waals surface area contributed by atoms with Crippen LogP contribution in [-0.4, -0.2) is 47.8 Å². The predicted molar refractivity (Wildman–Crippen MR) is 82.4 cm³/mol. The molecule has 0 radical (unpaired) electrons. The average molecular weight is 270 g/mol. The summed E-state index contributed by atoms with van der Waals surface area (Å²) in [4.78, 5) is 2.37. The van der Waals surface area contributed by atoms with Gasteiger partial charge in [0.25, 0.3) is 0 Å². The number of nitrogens with zero attached hydrogens (tertiary/aromatic N) is 1. The fourth-order valence-electron chi connectivity index (χ4n) is 2.89. The maximum Gasteiger partial charge on any atom is 0.0768 e. The molecule has 19 heavy (non-hydrogen) atoms. The molecule has 0 spiro atoms. The van der Waals surface area contributed by atoms with E-state index in [2.05, 4.69) is 38.0 Å². The van der Waals surface area contributed by atoms with Gasteiger partial charge in [-0.15, -0.1) is 0 Å². The maximum absolute atomic E-state index is 10.4. The van der Waals surface area contributed by atoms with Crippen molar-refractivity contribution in [3.05, 3.63) is 0 Å². The van der Waals surface area contributed by atoms with Crippen LogP contribution in [0.5, 0.6) is 0 Å². The number of hydrogen-bond donors (Lipinski definition) is 2. The standard InChI is InChI=1S/C16H34N2O/c1-6-11-17-14-7-9-15(10-8-14)18(5)12-16(4,19)13(2)3/h13-15,17,19H,6-12H2,1-5H3. The molecule has 1 fully saturated rings. The van der Waals surface area contributed by atoms with Gasteiger partial charge >= 0.3 is 0 Å². The first kappa shape index (κ1) is 16.9. The smallest absolute Gasteiger partial charge is 0.0768 e. The Balaban J connectivity index is 2.34. The summed E-state index contributed by atoms with van der Waals surface area (Å²) in [5.41, 5.74) is -0.577. The van der Waals surface area contributed by atoms with Crippen molar-refractivity contribution in [3.8, 4) is 0 Å². The molecule has 2 N–H and O–H groups in total. The van der Waals surface area contributed by atoms with Crippen LogP contribution >= 0.6 is 0 Å². The Kier molecular flexibility index (Phi) is 6.78. The molecule has 1 unspecified atom stereocenters. The molecule has 1 rings (SSSR count). The predicted octanol–water partition coefficient (Wildman–Crippen LogP) is 2.64. The molecule has 0 aromatic rings. The molecule has 0 bridgehead atoms. The molecule has 0 aliphatic heterocycles. The fraction of sp³-hybridized carbons (Fsp3) is 1.00. The number of hydrogen-bond acceptors (Lipinski definition) is 3. The lowest BCUT2D eigenvalue weighted by molar-refractivity contribution is -0.0261. The van der Waals surface area contributed by atoms with Crippen molar-refractivity contribution in [2.75, 3.05) is 20.1 Å². The summed E-state index contributed by atoms with van der Waals surface area (Å²) in [5, 5.41) is 14.0. The first-order valence-electron chi connectivity index (χ1n) is 8.02. The zero-order chi connectivity index (χ0) is 14.5. The molecular weight excluding hydrogens is 236 g/mol. The summed E-state index contributed by atoms with van der Waals surface area (Å²) in [7, 11) is 2.17. The fourth-order valence-corrected chi connectivity index (χ4v) is 2.89. The van der Waals surface area contributed by atoms with Crippen LogP contribution in [0.25, 0.3) is 0 Å². The highest BCUT2D eigenvalue weighted by Gasteiger charge is 2.30. The van der Waals surface area contributed by atoms with Gasteiger partial charge in [0.05, 0.1) is 5.60 Å². The van der Waals surface area contributed by atoms with Gasteiger partial charge in [-0.1, -0.05) is 20.8 Å². The second-order valence-corrected chi connectivity index (χ2v) is 6.89. The molecule has 3 heteroatoms. The van der Waals surface area contributed by atoms with E-state index in [1.807, 2.05) is 6.92 Å². The van der Waals surface area contributed by atoms with Crippen LogP contribution in [0.4, 0.5) is 0 Å². The SMILES string of the molecule is CCCNC1CCC(N(C)CC(C)(O)C(C)C)CC1. The van der Waals surface area contributed by atoms with Crippen molar-refractivity contribution in [3.63, 3.8) is 0 Å². The van der Waals surface area contributed by atoms with E-state index < -0.39 is 5.60 Å². The zero-order valence-corrected chi connectivity index (χ0v) is 13.6. The summed E-state index contributed by atoms with van der Waals surface area (Å²) in [6.07, 6.45) is 6.28. The van der Waals surface area contributed by atoms with E-state index in [4.69, 9.17) is 0 Å². The molecule has 114 valence electrons. The first-order chi connectivity index (χ1) is 8.86. The minimum atomic E-state index is -0.577. The Morgan fingerprint density at radius 3 is 2.32 bits per heavy atom. The highest BCUT2D eigenvalue weighted by Crippen LogP contribution is 2.25. The third-order valence-electron chi connectivity index (χ3n) is 4.82. The topological polar surface area (TPSA) is 35.5 Å². The number of nitrogens with one attached hydrogen (secondary N) is 1. The Bertz CT molecular complexity index is 245. The highest BCUT2D eigenvalue weighted by atomic mass is 16.3. The highest BCUT2D eigenvalue weighted by molar-refractivity contribution is 4.86. The second-order valence-electron chi connectivity index (χ2n) is 6.89. The van der Waals surface area contributed by atoms with Crippen molar-refractivity contribution in [1.29, 1.82) is 0 Å². The molecule has 0 amide bonds. The summed E-state index contributed by atoms with van der Waals surface area (Å²) in [6, 6.07) is 1.36. The van der Waals surface area contributed by atoms with E-state index in [1.54, 1.807) is 0 Å². The molecule has 0 heterocycles. The quantitative estimate of drug-likeness (QED) is 0.746. The largest absolute Gasteiger partial charge is 0.389 e. The molecule has 1 atom stereocenters. The molecule has 1 saturated carbocycles. The number of rotatable bonds is 7. The van der Waals surface area contributed by atoms with Gasteiger partial charge in [0.2, 0.25) is 0 Å². The van der Waals surface area contributed by atoms with Gasteiger partial charge in [-0.25, -0.2) is 0 Å². The average Bonchev–Trinajstić information content (AvgIpc) is 2.36. The van der Waals surface area contributed by atoms with E-state index in [1.165, 1.54) is 32.1 Å². The van der Waals surface area contributed by atoms with Crippen LogP contribution in [-0.2, 0) is 0 Å². The lowest BCUT2D eigenvalue weighted by Gasteiger charge is -2.39. The summed E-state index contributed by atoms with van der Waals surface area (Å²) >= 11 is 0. The molecule has 0 aromatic heterocycles. The Hall–Kier alpha value is -0.120. The Morgan fingerprint density at radius 1 is 1.26 bits per heavy atom. The summed E-state index contributed by atoms with van der Waals surface area (Å²) < 4.78 is 0. The Labute approximate surface area is 119 Å². The van der Waals surface area contributed by atoms with Crippen LogP contribution in [0.15, 0.2) is 0 Å². The molecule has 0 aromatic carbocycles. The van der Waals surface area contributed by atoms with Gasteiger partial charge < -0.3 is 15.3 Å². The Morgan fingerprint density at radius 2 is 1.84 bits per heavy atom. The molecule has 0 saturated heterocycles. The van der Waals surface area contributed by atoms with Crippen molar-refractivity contribution in [2.24, 2.45) is 5.92 Å². The lowest BCUT2D eigenvalue weighted by atomic mass is 9.87. The zero-order valence-electron chi connectivity index (χ0n) is 13.6. The van der Waals surface area contributed by atoms with Crippen LogP contribution < -0.4 is 5.32 Å². The molecular formula is C16H34N2O. The van der Waals surface area contributed by atoms with Crippen LogP contribution in [0.1, 0.15) is 59.8 Å². The van der Waals surface area contributed by atoms with E-state index in [0.29, 0.717) is 12.0 Å². The minimum Gasteiger partial charge on any atom is -0.389 e. The third kappa shape index (κ3) is 5.41. The van der Waals surface area contributed by atoms with Crippen LogP contribution in [0.2, 0.25) is 0 Å². The molecule has 1 aliphatic rings.